The third-order valence-corrected chi connectivity index (χ3v) is 3.23. The van der Waals surface area contributed by atoms with Gasteiger partial charge in [0.25, 0.3) is 0 Å². The molecule has 0 saturated carbocycles. The largest absolute Gasteiger partial charge is 0.488 e. The fourth-order valence-corrected chi connectivity index (χ4v) is 2.38. The summed E-state index contributed by atoms with van der Waals surface area (Å²) in [5.74, 6) is 1.01. The second kappa shape index (κ2) is 5.78. The first-order valence-corrected chi connectivity index (χ1v) is 6.61. The summed E-state index contributed by atoms with van der Waals surface area (Å²) in [7, 11) is 0. The minimum atomic E-state index is 0.0783. The number of hydrogen-bond donors (Lipinski definition) is 2. The van der Waals surface area contributed by atoms with Gasteiger partial charge in [0.05, 0.1) is 0 Å². The van der Waals surface area contributed by atoms with E-state index in [1.807, 2.05) is 24.3 Å². The monoisotopic (exact) mass is 268 g/mol. The van der Waals surface area contributed by atoms with Crippen LogP contribution < -0.4 is 10.5 Å². The molecule has 2 rings (SSSR count). The lowest BCUT2D eigenvalue weighted by atomic mass is 10.1. The van der Waals surface area contributed by atoms with E-state index in [1.54, 1.807) is 0 Å². The number of ether oxygens (including phenoxy) is 1. The van der Waals surface area contributed by atoms with Gasteiger partial charge in [-0.1, -0.05) is 35.9 Å². The number of hydrogen-bond acceptors (Lipinski definition) is 2. The maximum Gasteiger partial charge on any atom is 0.125 e. The van der Waals surface area contributed by atoms with E-state index >= 15 is 0 Å². The molecule has 3 N–H and O–H groups in total. The molecule has 0 heterocycles. The van der Waals surface area contributed by atoms with E-state index in [1.165, 1.54) is 5.56 Å². The summed E-state index contributed by atoms with van der Waals surface area (Å²) in [5.41, 5.74) is 10.8. The fraction of sp³-hybridized carbons (Fsp3) is 0.235. The van der Waals surface area contributed by atoms with Gasteiger partial charge in [-0.15, -0.1) is 0 Å². The Balaban J connectivity index is 2.17. The van der Waals surface area contributed by atoms with Gasteiger partial charge in [-0.25, -0.2) is 0 Å². The van der Waals surface area contributed by atoms with Crippen molar-refractivity contribution in [2.45, 2.75) is 27.4 Å². The maximum absolute atomic E-state index is 7.46. The number of nitrogen functional groups attached to an aromatic ring is 1. The minimum Gasteiger partial charge on any atom is -0.488 e. The van der Waals surface area contributed by atoms with Crippen LogP contribution in [0.3, 0.4) is 0 Å². The van der Waals surface area contributed by atoms with Gasteiger partial charge in [-0.05, 0) is 43.5 Å². The van der Waals surface area contributed by atoms with Crippen LogP contribution >= 0.6 is 0 Å². The van der Waals surface area contributed by atoms with E-state index in [9.17, 15) is 0 Å². The van der Waals surface area contributed by atoms with Crippen LogP contribution in [0.15, 0.2) is 36.4 Å². The van der Waals surface area contributed by atoms with E-state index in [0.29, 0.717) is 6.61 Å². The van der Waals surface area contributed by atoms with Crippen LogP contribution in [0.4, 0.5) is 0 Å². The van der Waals surface area contributed by atoms with E-state index in [-0.39, 0.29) is 5.84 Å². The normalized spacial score (nSPS) is 10.3. The number of benzene rings is 2. The highest BCUT2D eigenvalue weighted by Gasteiger charge is 2.06. The third-order valence-electron chi connectivity index (χ3n) is 3.23. The van der Waals surface area contributed by atoms with Crippen LogP contribution in [-0.2, 0) is 6.61 Å². The summed E-state index contributed by atoms with van der Waals surface area (Å²) in [6.07, 6.45) is 0. The highest BCUT2D eigenvalue weighted by Crippen LogP contribution is 2.25. The summed E-state index contributed by atoms with van der Waals surface area (Å²) in [6, 6.07) is 11.8. The molecular formula is C17H20N2O. The van der Waals surface area contributed by atoms with Crippen molar-refractivity contribution in [3.8, 4) is 5.75 Å². The molecule has 0 bridgehead atoms. The first kappa shape index (κ1) is 14.1. The first-order chi connectivity index (χ1) is 9.47. The van der Waals surface area contributed by atoms with Gasteiger partial charge in [0, 0.05) is 5.56 Å². The molecule has 104 valence electrons. The molecule has 0 aliphatic rings. The van der Waals surface area contributed by atoms with Crippen LogP contribution in [-0.4, -0.2) is 5.84 Å². The van der Waals surface area contributed by atoms with Crippen LogP contribution in [0.2, 0.25) is 0 Å². The topological polar surface area (TPSA) is 59.1 Å². The van der Waals surface area contributed by atoms with E-state index in [0.717, 1.165) is 28.0 Å². The highest BCUT2D eigenvalue weighted by molar-refractivity contribution is 5.95. The summed E-state index contributed by atoms with van der Waals surface area (Å²) in [4.78, 5) is 0. The first-order valence-electron chi connectivity index (χ1n) is 6.61. The van der Waals surface area contributed by atoms with Gasteiger partial charge in [0.15, 0.2) is 0 Å². The number of nitrogens with two attached hydrogens (primary N) is 1. The molecule has 20 heavy (non-hydrogen) atoms. The number of aryl methyl sites for hydroxylation is 3. The van der Waals surface area contributed by atoms with Crippen LogP contribution in [0, 0.1) is 26.2 Å². The zero-order valence-electron chi connectivity index (χ0n) is 12.2. The van der Waals surface area contributed by atoms with Crippen molar-refractivity contribution >= 4 is 5.84 Å². The lowest BCUT2D eigenvalue weighted by molar-refractivity contribution is 0.302. The highest BCUT2D eigenvalue weighted by atomic mass is 16.5. The molecule has 0 aromatic heterocycles. The predicted molar refractivity (Wildman–Crippen MR) is 82.4 cm³/mol. The van der Waals surface area contributed by atoms with Gasteiger partial charge < -0.3 is 10.5 Å². The van der Waals surface area contributed by atoms with Crippen molar-refractivity contribution in [1.82, 2.24) is 0 Å². The molecular weight excluding hydrogens is 248 g/mol. The molecule has 0 amide bonds. The Bertz CT molecular complexity index is 624. The number of rotatable bonds is 4. The summed E-state index contributed by atoms with van der Waals surface area (Å²) >= 11 is 0. The van der Waals surface area contributed by atoms with Crippen molar-refractivity contribution < 1.29 is 4.74 Å². The van der Waals surface area contributed by atoms with Gasteiger partial charge in [0.2, 0.25) is 0 Å². The maximum atomic E-state index is 7.46. The fourth-order valence-electron chi connectivity index (χ4n) is 2.38. The number of amidine groups is 1. The Morgan fingerprint density at radius 2 is 1.75 bits per heavy atom. The molecule has 0 aliphatic heterocycles. The van der Waals surface area contributed by atoms with Crippen molar-refractivity contribution in [3.05, 3.63) is 64.2 Å². The van der Waals surface area contributed by atoms with Crippen LogP contribution in [0.5, 0.6) is 5.75 Å². The molecule has 0 radical (unpaired) electrons. The Kier molecular flexibility index (Phi) is 4.08. The van der Waals surface area contributed by atoms with E-state index in [4.69, 9.17) is 15.9 Å². The third kappa shape index (κ3) is 3.18. The lowest BCUT2D eigenvalue weighted by Crippen LogP contribution is -2.11. The molecule has 0 aliphatic carbocycles. The predicted octanol–water partition coefficient (Wildman–Crippen LogP) is 3.47. The van der Waals surface area contributed by atoms with Gasteiger partial charge >= 0.3 is 0 Å². The Morgan fingerprint density at radius 3 is 2.35 bits per heavy atom. The van der Waals surface area contributed by atoms with Crippen molar-refractivity contribution in [1.29, 1.82) is 5.41 Å². The second-order valence-electron chi connectivity index (χ2n) is 5.13. The van der Waals surface area contributed by atoms with Crippen LogP contribution in [0.25, 0.3) is 0 Å². The van der Waals surface area contributed by atoms with Crippen molar-refractivity contribution in [2.75, 3.05) is 0 Å². The molecule has 0 unspecified atom stereocenters. The van der Waals surface area contributed by atoms with Crippen LogP contribution in [0.1, 0.15) is 27.8 Å². The summed E-state index contributed by atoms with van der Waals surface area (Å²) in [6.45, 7) is 6.68. The smallest absolute Gasteiger partial charge is 0.125 e. The second-order valence-corrected chi connectivity index (χ2v) is 5.13. The SMILES string of the molecule is Cc1cc(C)c(OCc2cccc(C(=N)N)c2)c(C)c1. The Labute approximate surface area is 119 Å². The summed E-state index contributed by atoms with van der Waals surface area (Å²) in [5, 5.41) is 7.46. The molecule has 0 fully saturated rings. The number of nitrogens with one attached hydrogen (secondary N) is 1. The zero-order chi connectivity index (χ0) is 14.7. The van der Waals surface area contributed by atoms with E-state index in [2.05, 4.69) is 32.9 Å². The lowest BCUT2D eigenvalue weighted by Gasteiger charge is -2.13. The van der Waals surface area contributed by atoms with Crippen molar-refractivity contribution in [2.24, 2.45) is 5.73 Å². The molecule has 3 nitrogen and oxygen atoms in total. The van der Waals surface area contributed by atoms with E-state index < -0.39 is 0 Å². The standard InChI is InChI=1S/C17H20N2O/c1-11-7-12(2)16(13(3)8-11)20-10-14-5-4-6-15(9-14)17(18)19/h4-9H,10H2,1-3H3,(H3,18,19). The molecule has 0 spiro atoms. The van der Waals surface area contributed by atoms with Gasteiger partial charge in [-0.3, -0.25) is 5.41 Å². The van der Waals surface area contributed by atoms with Crippen molar-refractivity contribution in [3.63, 3.8) is 0 Å². The quantitative estimate of drug-likeness (QED) is 0.659. The van der Waals surface area contributed by atoms with Gasteiger partial charge in [-0.2, -0.15) is 0 Å². The zero-order valence-corrected chi connectivity index (χ0v) is 12.2. The molecule has 2 aromatic rings. The Morgan fingerprint density at radius 1 is 1.10 bits per heavy atom. The summed E-state index contributed by atoms with van der Waals surface area (Å²) < 4.78 is 5.93. The minimum absolute atomic E-state index is 0.0783. The Hall–Kier alpha value is -2.29. The molecule has 2 aromatic carbocycles. The average Bonchev–Trinajstić information content (AvgIpc) is 2.37. The molecule has 0 atom stereocenters. The molecule has 0 saturated heterocycles. The average molecular weight is 268 g/mol. The van der Waals surface area contributed by atoms with Gasteiger partial charge in [0.1, 0.15) is 18.2 Å². The molecule has 3 heteroatoms.